The molecule has 0 amide bonds. The molecular formula is C8H16Cl2O4P2+2. The topological polar surface area (TPSA) is 52.6 Å². The molecule has 0 bridgehead atoms. The van der Waals surface area contributed by atoms with Crippen LogP contribution in [0.25, 0.3) is 0 Å². The maximum atomic E-state index is 10.7. The van der Waals surface area contributed by atoms with E-state index in [1.165, 1.54) is 13.3 Å². The number of hydrogen-bond acceptors (Lipinski definition) is 4. The van der Waals surface area contributed by atoms with Crippen LogP contribution in [-0.2, 0) is 18.2 Å². The maximum Gasteiger partial charge on any atom is 0.504 e. The smallest absolute Gasteiger partial charge is 0.145 e. The third-order valence-electron chi connectivity index (χ3n) is 1.67. The standard InChI is InChI=1S/C8H16Cl2O4P2/c1-15(11)13-5-7(9)3-4-8(10)6-14-16(2)12/h7-8H,3-6H2,1-2H3/q+2. The first kappa shape index (κ1) is 16.7. The Morgan fingerprint density at radius 2 is 1.25 bits per heavy atom. The summed E-state index contributed by atoms with van der Waals surface area (Å²) in [7, 11) is -3.21. The van der Waals surface area contributed by atoms with Crippen molar-refractivity contribution in [1.82, 2.24) is 0 Å². The highest BCUT2D eigenvalue weighted by Gasteiger charge is 2.17. The van der Waals surface area contributed by atoms with E-state index in [0.717, 1.165) is 0 Å². The van der Waals surface area contributed by atoms with Gasteiger partial charge in [0.1, 0.15) is 13.2 Å². The Morgan fingerprint density at radius 1 is 0.938 bits per heavy atom. The fourth-order valence-electron chi connectivity index (χ4n) is 0.900. The van der Waals surface area contributed by atoms with E-state index in [0.29, 0.717) is 12.8 Å². The van der Waals surface area contributed by atoms with E-state index in [1.54, 1.807) is 0 Å². The van der Waals surface area contributed by atoms with E-state index in [-0.39, 0.29) is 24.0 Å². The van der Waals surface area contributed by atoms with Gasteiger partial charge in [0.25, 0.3) is 0 Å². The predicted molar refractivity (Wildman–Crippen MR) is 67.5 cm³/mol. The van der Waals surface area contributed by atoms with Crippen molar-refractivity contribution >= 4 is 39.3 Å². The molecule has 0 N–H and O–H groups in total. The molecule has 0 aromatic rings. The molecule has 0 spiro atoms. The monoisotopic (exact) mass is 308 g/mol. The van der Waals surface area contributed by atoms with Crippen molar-refractivity contribution in [3.05, 3.63) is 0 Å². The van der Waals surface area contributed by atoms with Crippen LogP contribution in [0.1, 0.15) is 12.8 Å². The highest BCUT2D eigenvalue weighted by atomic mass is 35.5. The van der Waals surface area contributed by atoms with Crippen molar-refractivity contribution < 1.29 is 18.2 Å². The lowest BCUT2D eigenvalue weighted by molar-refractivity contribution is 0.306. The molecular weight excluding hydrogens is 293 g/mol. The van der Waals surface area contributed by atoms with Gasteiger partial charge in [0.05, 0.1) is 10.8 Å². The molecule has 16 heavy (non-hydrogen) atoms. The van der Waals surface area contributed by atoms with E-state index >= 15 is 0 Å². The highest BCUT2D eigenvalue weighted by molar-refractivity contribution is 7.38. The van der Waals surface area contributed by atoms with Crippen LogP contribution in [0, 0.1) is 0 Å². The molecule has 0 radical (unpaired) electrons. The van der Waals surface area contributed by atoms with Crippen molar-refractivity contribution in [1.29, 1.82) is 0 Å². The summed E-state index contributed by atoms with van der Waals surface area (Å²) < 4.78 is 31.1. The second kappa shape index (κ2) is 9.70. The normalized spacial score (nSPS) is 16.8. The van der Waals surface area contributed by atoms with Gasteiger partial charge < -0.3 is 0 Å². The Kier molecular flexibility index (Phi) is 10.1. The van der Waals surface area contributed by atoms with Gasteiger partial charge in [-0.25, -0.2) is 0 Å². The fourth-order valence-corrected chi connectivity index (χ4v) is 2.23. The number of halogens is 2. The van der Waals surface area contributed by atoms with Gasteiger partial charge in [-0.1, -0.05) is 0 Å². The summed E-state index contributed by atoms with van der Waals surface area (Å²) in [5, 5.41) is -0.425. The lowest BCUT2D eigenvalue weighted by Crippen LogP contribution is -2.12. The molecule has 0 fully saturated rings. The van der Waals surface area contributed by atoms with Crippen molar-refractivity contribution in [2.24, 2.45) is 0 Å². The number of rotatable bonds is 9. The zero-order valence-electron chi connectivity index (χ0n) is 9.27. The molecule has 0 saturated carbocycles. The summed E-state index contributed by atoms with van der Waals surface area (Å²) in [4.78, 5) is 0. The second-order valence-electron chi connectivity index (χ2n) is 3.24. The maximum absolute atomic E-state index is 10.7. The summed E-state index contributed by atoms with van der Waals surface area (Å²) in [5.41, 5.74) is 0. The summed E-state index contributed by atoms with van der Waals surface area (Å²) in [5.74, 6) is 0. The van der Waals surface area contributed by atoms with Crippen LogP contribution in [0.3, 0.4) is 0 Å². The minimum absolute atomic E-state index is 0.212. The Labute approximate surface area is 108 Å². The minimum atomic E-state index is -1.61. The molecule has 0 rings (SSSR count). The van der Waals surface area contributed by atoms with E-state index in [9.17, 15) is 9.13 Å². The van der Waals surface area contributed by atoms with Crippen LogP contribution in [0.4, 0.5) is 0 Å². The van der Waals surface area contributed by atoms with E-state index in [1.807, 2.05) is 0 Å². The largest absolute Gasteiger partial charge is 0.504 e. The quantitative estimate of drug-likeness (QED) is 0.481. The Balaban J connectivity index is 3.54. The van der Waals surface area contributed by atoms with Crippen LogP contribution in [0.2, 0.25) is 0 Å². The first-order valence-corrected chi connectivity index (χ1v) is 8.89. The third-order valence-corrected chi connectivity index (χ3v) is 3.38. The summed E-state index contributed by atoms with van der Waals surface area (Å²) in [6.45, 7) is 3.46. The first-order chi connectivity index (χ1) is 7.41. The van der Waals surface area contributed by atoms with Crippen LogP contribution in [0.5, 0.6) is 0 Å². The fraction of sp³-hybridized carbons (Fsp3) is 1.00. The molecule has 8 heteroatoms. The molecule has 4 nitrogen and oxygen atoms in total. The molecule has 4 atom stereocenters. The number of alkyl halides is 2. The van der Waals surface area contributed by atoms with Gasteiger partial charge in [0.2, 0.25) is 0 Å². The van der Waals surface area contributed by atoms with Gasteiger partial charge in [-0.3, -0.25) is 0 Å². The molecule has 0 aliphatic heterocycles. The van der Waals surface area contributed by atoms with Crippen molar-refractivity contribution in [2.75, 3.05) is 26.5 Å². The third kappa shape index (κ3) is 11.2. The molecule has 0 aromatic heterocycles. The molecule has 0 aromatic carbocycles. The van der Waals surface area contributed by atoms with Gasteiger partial charge in [0.15, 0.2) is 13.3 Å². The highest BCUT2D eigenvalue weighted by Crippen LogP contribution is 2.21. The minimum Gasteiger partial charge on any atom is -0.145 e. The van der Waals surface area contributed by atoms with Crippen LogP contribution < -0.4 is 0 Å². The molecule has 0 saturated heterocycles. The SMILES string of the molecule is C[P+](=O)OCC(Cl)CCC(Cl)CO[P+](C)=O. The molecule has 0 heterocycles. The van der Waals surface area contributed by atoms with Crippen LogP contribution in [-0.4, -0.2) is 37.3 Å². The first-order valence-electron chi connectivity index (χ1n) is 4.77. The van der Waals surface area contributed by atoms with Gasteiger partial charge in [-0.2, -0.15) is 0 Å². The van der Waals surface area contributed by atoms with Crippen molar-refractivity contribution in [3.63, 3.8) is 0 Å². The van der Waals surface area contributed by atoms with Gasteiger partial charge in [-0.05, 0) is 22.0 Å². The summed E-state index contributed by atoms with van der Waals surface area (Å²) >= 11 is 11.8. The van der Waals surface area contributed by atoms with Gasteiger partial charge in [0, 0.05) is 0 Å². The molecule has 0 aliphatic carbocycles. The molecule has 4 unspecified atom stereocenters. The van der Waals surface area contributed by atoms with E-state index in [4.69, 9.17) is 32.2 Å². The van der Waals surface area contributed by atoms with Crippen LogP contribution >= 0.6 is 39.3 Å². The van der Waals surface area contributed by atoms with Crippen molar-refractivity contribution in [2.45, 2.75) is 23.6 Å². The Bertz CT molecular complexity index is 216. The number of hydrogen-bond donors (Lipinski definition) is 0. The average molecular weight is 309 g/mol. The summed E-state index contributed by atoms with van der Waals surface area (Å²) in [6.07, 6.45) is 1.28. The Morgan fingerprint density at radius 3 is 1.50 bits per heavy atom. The lowest BCUT2D eigenvalue weighted by atomic mass is 10.2. The van der Waals surface area contributed by atoms with Gasteiger partial charge >= 0.3 is 16.1 Å². The average Bonchev–Trinajstić information content (AvgIpc) is 2.20. The van der Waals surface area contributed by atoms with Crippen LogP contribution in [0.15, 0.2) is 0 Å². The van der Waals surface area contributed by atoms with Crippen molar-refractivity contribution in [3.8, 4) is 0 Å². The Hall–Kier alpha value is 0.700. The van der Waals surface area contributed by atoms with Gasteiger partial charge in [-0.15, -0.1) is 32.2 Å². The molecule has 94 valence electrons. The summed E-state index contributed by atoms with van der Waals surface area (Å²) in [6, 6.07) is 0. The van der Waals surface area contributed by atoms with E-state index in [2.05, 4.69) is 0 Å². The molecule has 0 aliphatic rings. The zero-order chi connectivity index (χ0) is 12.6. The zero-order valence-corrected chi connectivity index (χ0v) is 12.6. The lowest BCUT2D eigenvalue weighted by Gasteiger charge is -2.08. The predicted octanol–water partition coefficient (Wildman–Crippen LogP) is 3.76. The second-order valence-corrected chi connectivity index (χ2v) is 6.75. The van der Waals surface area contributed by atoms with E-state index < -0.39 is 16.1 Å².